The van der Waals surface area contributed by atoms with Gasteiger partial charge in [-0.1, -0.05) is 17.7 Å². The first-order chi connectivity index (χ1) is 19.5. The average Bonchev–Trinajstić information content (AvgIpc) is 3.57. The first-order valence-electron chi connectivity index (χ1n) is 14.4. The molecule has 7 rings (SSSR count). The molecule has 0 bridgehead atoms. The summed E-state index contributed by atoms with van der Waals surface area (Å²) in [5, 5.41) is 8.35. The van der Waals surface area contributed by atoms with Gasteiger partial charge in [0.05, 0.1) is 22.0 Å². The normalized spacial score (nSPS) is 20.1. The Morgan fingerprint density at radius 3 is 2.62 bits per heavy atom. The molecule has 1 aliphatic carbocycles. The minimum Gasteiger partial charge on any atom is -0.487 e. The molecule has 4 heterocycles. The third kappa shape index (κ3) is 4.63. The zero-order valence-corrected chi connectivity index (χ0v) is 23.7. The number of halogens is 2. The lowest BCUT2D eigenvalue weighted by atomic mass is 9.94. The van der Waals surface area contributed by atoms with Crippen molar-refractivity contribution in [2.24, 2.45) is 0 Å². The van der Waals surface area contributed by atoms with Crippen molar-refractivity contribution >= 4 is 39.2 Å². The van der Waals surface area contributed by atoms with E-state index < -0.39 is 5.95 Å². The number of aromatic amines is 1. The number of likely N-dealkylation sites (N-methyl/N-ethyl adjacent to an activating group) is 1. The fraction of sp³-hybridized carbons (Fsp3) is 0.500. The number of fused-ring (bicyclic) bond motifs is 2. The van der Waals surface area contributed by atoms with E-state index in [4.69, 9.17) is 31.0 Å². The van der Waals surface area contributed by atoms with Gasteiger partial charge in [-0.3, -0.25) is 5.10 Å². The molecule has 3 fully saturated rings. The van der Waals surface area contributed by atoms with Gasteiger partial charge in [0, 0.05) is 35.6 Å². The number of hydrogen-bond donors (Lipinski definition) is 1. The van der Waals surface area contributed by atoms with Crippen LogP contribution in [0.3, 0.4) is 0 Å². The second-order valence-electron chi connectivity index (χ2n) is 11.4. The minimum absolute atomic E-state index is 0.0685. The maximum Gasteiger partial charge on any atom is 0.319 e. The van der Waals surface area contributed by atoms with Gasteiger partial charge in [0.1, 0.15) is 17.9 Å². The summed E-state index contributed by atoms with van der Waals surface area (Å²) in [6.07, 6.45) is 7.66. The van der Waals surface area contributed by atoms with Crippen molar-refractivity contribution in [3.8, 4) is 22.9 Å². The smallest absolute Gasteiger partial charge is 0.319 e. The molecule has 0 amide bonds. The Kier molecular flexibility index (Phi) is 6.66. The molecule has 1 N–H and O–H groups in total. The average molecular weight is 565 g/mol. The molecule has 1 atom stereocenters. The topological polar surface area (TPSA) is 79.4 Å². The molecular formula is C30H34ClFN6O2. The summed E-state index contributed by atoms with van der Waals surface area (Å²) < 4.78 is 28.0. The van der Waals surface area contributed by atoms with Crippen molar-refractivity contribution in [2.75, 3.05) is 38.2 Å². The maximum atomic E-state index is 15.1. The van der Waals surface area contributed by atoms with Crippen LogP contribution in [0.5, 0.6) is 11.8 Å². The van der Waals surface area contributed by atoms with Gasteiger partial charge in [-0.05, 0) is 83.2 Å². The van der Waals surface area contributed by atoms with Crippen LogP contribution in [-0.4, -0.2) is 70.5 Å². The molecule has 1 saturated carbocycles. The summed E-state index contributed by atoms with van der Waals surface area (Å²) in [4.78, 5) is 14.5. The highest BCUT2D eigenvalue weighted by atomic mass is 35.5. The molecule has 8 nitrogen and oxygen atoms in total. The predicted molar refractivity (Wildman–Crippen MR) is 155 cm³/mol. The van der Waals surface area contributed by atoms with Crippen molar-refractivity contribution in [3.05, 3.63) is 34.7 Å². The maximum absolute atomic E-state index is 15.1. The van der Waals surface area contributed by atoms with Crippen LogP contribution in [0.1, 0.15) is 50.5 Å². The van der Waals surface area contributed by atoms with Gasteiger partial charge in [-0.15, -0.1) is 0 Å². The summed E-state index contributed by atoms with van der Waals surface area (Å²) in [6.45, 7) is 5.37. The third-order valence-electron chi connectivity index (χ3n) is 8.53. The second kappa shape index (κ2) is 10.3. The van der Waals surface area contributed by atoms with E-state index in [1.807, 2.05) is 25.1 Å². The van der Waals surface area contributed by atoms with Gasteiger partial charge < -0.3 is 19.3 Å². The van der Waals surface area contributed by atoms with Gasteiger partial charge in [-0.25, -0.2) is 0 Å². The number of rotatable bonds is 7. The summed E-state index contributed by atoms with van der Waals surface area (Å²) in [5.74, 6) is 0.881. The van der Waals surface area contributed by atoms with E-state index in [1.54, 1.807) is 0 Å². The van der Waals surface area contributed by atoms with Gasteiger partial charge in [-0.2, -0.15) is 19.5 Å². The van der Waals surface area contributed by atoms with Crippen molar-refractivity contribution in [3.63, 3.8) is 0 Å². The lowest BCUT2D eigenvalue weighted by Gasteiger charge is -2.29. The first-order valence-corrected chi connectivity index (χ1v) is 14.8. The van der Waals surface area contributed by atoms with Crippen LogP contribution in [0.25, 0.3) is 32.9 Å². The summed E-state index contributed by atoms with van der Waals surface area (Å²) in [7, 11) is 2.13. The van der Waals surface area contributed by atoms with Gasteiger partial charge in [0.2, 0.25) is 5.95 Å². The van der Waals surface area contributed by atoms with Gasteiger partial charge >= 0.3 is 6.01 Å². The van der Waals surface area contributed by atoms with Crippen LogP contribution in [0.15, 0.2) is 18.2 Å². The standard InChI is InChI=1S/C30H34ClFN6O2/c1-17-8-11-22-25(28(32)36-35-22)23(17)24-21(31)15-20-26(27(24)40-19-9-10-19)33-30(39-16-18-7-6-12-37(18)2)34-29(20)38-13-4-3-5-14-38/h8,11,15,18-19H,3-7,9-10,12-14,16H2,1-2H3,(H,35,36)/t18-/m0/s1. The SMILES string of the molecule is Cc1ccc2n[nH]c(F)c2c1-c1c(Cl)cc2c(N3CCCCC3)nc(OC[C@@H]3CCCN3C)nc2c1OC1CC1. The Morgan fingerprint density at radius 1 is 1.05 bits per heavy atom. The van der Waals surface area contributed by atoms with Crippen molar-refractivity contribution in [1.82, 2.24) is 25.1 Å². The van der Waals surface area contributed by atoms with Crippen LogP contribution in [0.2, 0.25) is 5.02 Å². The number of nitrogens with one attached hydrogen (secondary N) is 1. The number of anilines is 1. The Morgan fingerprint density at radius 2 is 1.88 bits per heavy atom. The second-order valence-corrected chi connectivity index (χ2v) is 11.8. The van der Waals surface area contributed by atoms with E-state index >= 15 is 4.39 Å². The molecule has 2 aromatic carbocycles. The molecule has 40 heavy (non-hydrogen) atoms. The van der Waals surface area contributed by atoms with E-state index in [9.17, 15) is 0 Å². The number of likely N-dealkylation sites (tertiary alicyclic amines) is 1. The van der Waals surface area contributed by atoms with Crippen LogP contribution in [-0.2, 0) is 0 Å². The molecule has 2 aromatic heterocycles. The number of hydrogen-bond acceptors (Lipinski definition) is 7. The molecule has 3 aliphatic rings. The van der Waals surface area contributed by atoms with E-state index in [1.165, 1.54) is 12.8 Å². The Balaban J connectivity index is 1.45. The fourth-order valence-corrected chi connectivity index (χ4v) is 6.43. The lowest BCUT2D eigenvalue weighted by molar-refractivity contribution is 0.188. The molecule has 2 aliphatic heterocycles. The van der Waals surface area contributed by atoms with Crippen LogP contribution in [0, 0.1) is 12.9 Å². The summed E-state index contributed by atoms with van der Waals surface area (Å²) in [5.41, 5.74) is 3.36. The number of H-pyrrole nitrogens is 1. The largest absolute Gasteiger partial charge is 0.487 e. The number of ether oxygens (including phenoxy) is 2. The quantitative estimate of drug-likeness (QED) is 0.283. The summed E-state index contributed by atoms with van der Waals surface area (Å²) >= 11 is 7.11. The highest BCUT2D eigenvalue weighted by Gasteiger charge is 2.31. The van der Waals surface area contributed by atoms with E-state index in [2.05, 4.69) is 27.0 Å². The van der Waals surface area contributed by atoms with Crippen LogP contribution in [0.4, 0.5) is 10.2 Å². The van der Waals surface area contributed by atoms with E-state index in [-0.39, 0.29) is 6.10 Å². The number of aryl methyl sites for hydroxylation is 1. The van der Waals surface area contributed by atoms with Crippen LogP contribution >= 0.6 is 11.6 Å². The Bertz CT molecular complexity index is 1580. The van der Waals surface area contributed by atoms with Gasteiger partial charge in [0.25, 0.3) is 0 Å². The number of piperidine rings is 1. The fourth-order valence-electron chi connectivity index (χ4n) is 6.14. The molecule has 0 spiro atoms. The van der Waals surface area contributed by atoms with E-state index in [0.717, 1.165) is 68.5 Å². The molecule has 210 valence electrons. The highest BCUT2D eigenvalue weighted by Crippen LogP contribution is 2.49. The molecule has 0 radical (unpaired) electrons. The van der Waals surface area contributed by atoms with Crippen molar-refractivity contribution < 1.29 is 13.9 Å². The van der Waals surface area contributed by atoms with E-state index in [0.29, 0.717) is 57.0 Å². The molecule has 2 saturated heterocycles. The number of aromatic nitrogens is 4. The first kappa shape index (κ1) is 25.8. The van der Waals surface area contributed by atoms with Crippen LogP contribution < -0.4 is 14.4 Å². The minimum atomic E-state index is -0.497. The van der Waals surface area contributed by atoms with Crippen molar-refractivity contribution in [2.45, 2.75) is 64.0 Å². The monoisotopic (exact) mass is 564 g/mol. The molecule has 4 aromatic rings. The number of benzene rings is 2. The van der Waals surface area contributed by atoms with Crippen molar-refractivity contribution in [1.29, 1.82) is 0 Å². The molecule has 0 unspecified atom stereocenters. The molecular weight excluding hydrogens is 531 g/mol. The Labute approximate surface area is 237 Å². The zero-order valence-electron chi connectivity index (χ0n) is 23.0. The highest BCUT2D eigenvalue weighted by molar-refractivity contribution is 6.35. The molecule has 10 heteroatoms. The number of nitrogens with zero attached hydrogens (tertiary/aromatic N) is 5. The lowest BCUT2D eigenvalue weighted by Crippen LogP contribution is -2.32. The zero-order chi connectivity index (χ0) is 27.4. The predicted octanol–water partition coefficient (Wildman–Crippen LogP) is 6.28. The van der Waals surface area contributed by atoms with Gasteiger partial charge in [0.15, 0.2) is 5.75 Å². The Hall–Kier alpha value is -3.17. The summed E-state index contributed by atoms with van der Waals surface area (Å²) in [6, 6.07) is 6.34. The third-order valence-corrected chi connectivity index (χ3v) is 8.83.